The van der Waals surface area contributed by atoms with Crippen LogP contribution in [0.1, 0.15) is 26.7 Å². The molecule has 7 rings (SSSR count). The van der Waals surface area contributed by atoms with Crippen molar-refractivity contribution in [2.45, 2.75) is 38.8 Å². The summed E-state index contributed by atoms with van der Waals surface area (Å²) in [6.07, 6.45) is 0.0108. The Labute approximate surface area is 152 Å². The van der Waals surface area contributed by atoms with Crippen molar-refractivity contribution in [3.05, 3.63) is 0 Å². The maximum atomic E-state index is 12.4. The molecule has 7 aliphatic rings. The summed E-state index contributed by atoms with van der Waals surface area (Å²) in [6.45, 7) is 4.89. The molecule has 0 aromatic carbocycles. The van der Waals surface area contributed by atoms with Crippen LogP contribution in [0.3, 0.4) is 0 Å². The average Bonchev–Trinajstić information content (AvgIpc) is 2.67. The molecule has 0 aromatic heterocycles. The Morgan fingerprint density at radius 1 is 0.923 bits per heavy atom. The number of piperidine rings is 4. The number of fused-ring (bicyclic) bond motifs is 2. The fraction of sp³-hybridized carbons (Fsp3) is 0.778. The Morgan fingerprint density at radius 3 is 1.62 bits per heavy atom. The summed E-state index contributed by atoms with van der Waals surface area (Å²) >= 11 is 0. The van der Waals surface area contributed by atoms with Crippen molar-refractivity contribution >= 4 is 12.2 Å². The maximum Gasteiger partial charge on any atom is 0.410 e. The topological polar surface area (TPSA) is 107 Å². The quantitative estimate of drug-likeness (QED) is 0.744. The predicted molar refractivity (Wildman–Crippen MR) is 87.3 cm³/mol. The first-order chi connectivity index (χ1) is 12.5. The van der Waals surface area contributed by atoms with E-state index in [1.807, 2.05) is 0 Å². The van der Waals surface area contributed by atoms with Crippen LogP contribution in [0.25, 0.3) is 0 Å². The van der Waals surface area contributed by atoms with Gasteiger partial charge in [-0.05, 0) is 26.7 Å². The molecule has 7 fully saturated rings. The molecular weight excluding hydrogens is 336 g/mol. The smallest absolute Gasteiger partial charge is 0.410 e. The molecule has 26 heavy (non-hydrogen) atoms. The Hall–Kier alpha value is -2.48. The van der Waals surface area contributed by atoms with Crippen LogP contribution in [0, 0.1) is 45.3 Å². The van der Waals surface area contributed by atoms with Gasteiger partial charge < -0.3 is 19.3 Å². The lowest BCUT2D eigenvalue weighted by atomic mass is 9.37. The molecule has 4 heterocycles. The first-order valence-corrected chi connectivity index (χ1v) is 9.18. The number of ether oxygens (including phenoxy) is 2. The van der Waals surface area contributed by atoms with Crippen LogP contribution >= 0.6 is 0 Å². The van der Waals surface area contributed by atoms with Gasteiger partial charge in [-0.1, -0.05) is 0 Å². The molecule has 8 heteroatoms. The lowest BCUT2D eigenvalue weighted by molar-refractivity contribution is -0.241. The van der Waals surface area contributed by atoms with E-state index in [9.17, 15) is 20.1 Å². The zero-order valence-corrected chi connectivity index (χ0v) is 15.0. The molecule has 6 atom stereocenters. The zero-order chi connectivity index (χ0) is 18.7. The van der Waals surface area contributed by atoms with Crippen LogP contribution in [-0.2, 0) is 9.47 Å². The minimum absolute atomic E-state index is 0.119. The molecule has 2 amide bonds. The van der Waals surface area contributed by atoms with Gasteiger partial charge in [0.1, 0.15) is 0 Å². The highest BCUT2D eigenvalue weighted by molar-refractivity contribution is 5.71. The van der Waals surface area contributed by atoms with Gasteiger partial charge in [0, 0.05) is 24.9 Å². The number of nitriles is 2. The zero-order valence-electron chi connectivity index (χ0n) is 15.0. The summed E-state index contributed by atoms with van der Waals surface area (Å²) in [7, 11) is 0. The molecule has 0 N–H and O–H groups in total. The summed E-state index contributed by atoms with van der Waals surface area (Å²) in [5, 5.41) is 20.2. The van der Waals surface area contributed by atoms with Gasteiger partial charge in [0.15, 0.2) is 0 Å². The molecule has 0 aromatic rings. The Balaban J connectivity index is 1.74. The molecule has 4 aliphatic heterocycles. The normalized spacial score (nSPS) is 41.5. The van der Waals surface area contributed by atoms with Crippen molar-refractivity contribution in [3.8, 4) is 12.1 Å². The molecule has 6 bridgehead atoms. The van der Waals surface area contributed by atoms with E-state index in [1.54, 1.807) is 23.6 Å². The number of nitrogens with zero attached hydrogens (tertiary/aromatic N) is 4. The van der Waals surface area contributed by atoms with Gasteiger partial charge >= 0.3 is 12.2 Å². The van der Waals surface area contributed by atoms with E-state index in [4.69, 9.17) is 9.47 Å². The van der Waals surface area contributed by atoms with E-state index < -0.39 is 23.0 Å². The first-order valence-electron chi connectivity index (χ1n) is 9.18. The van der Waals surface area contributed by atoms with Crippen LogP contribution in [0.5, 0.6) is 0 Å². The van der Waals surface area contributed by atoms with Gasteiger partial charge in [0.25, 0.3) is 0 Å². The standard InChI is InChI=1S/C18H22N4O4/c1-3-25-15(23)21-7-11-12-8-22(16(24)26-4-2)14-6-17(12,9-19)13(21)5-18(11,14)10-20/h11-14H,3-8H2,1-2H3. The second-order valence-corrected chi connectivity index (χ2v) is 7.66. The molecule has 8 nitrogen and oxygen atoms in total. The Bertz CT molecular complexity index is 680. The minimum Gasteiger partial charge on any atom is -0.450 e. The lowest BCUT2D eigenvalue weighted by Gasteiger charge is -2.74. The van der Waals surface area contributed by atoms with E-state index in [2.05, 4.69) is 12.1 Å². The number of carbonyl (C=O) groups excluding carboxylic acids is 2. The Kier molecular flexibility index (Phi) is 3.59. The lowest BCUT2D eigenvalue weighted by Crippen LogP contribution is -2.83. The SMILES string of the molecule is CCOC(=O)N1CC2C3CN(C(=O)OCC)C4CC3(C#N)C1CC24C#N. The minimum atomic E-state index is -0.720. The number of hydrogen-bond acceptors (Lipinski definition) is 6. The summed E-state index contributed by atoms with van der Waals surface area (Å²) in [6, 6.07) is 4.32. The summed E-state index contributed by atoms with van der Waals surface area (Å²) in [4.78, 5) is 28.1. The third-order valence-electron chi connectivity index (χ3n) is 7.02. The molecule has 6 unspecified atom stereocenters. The monoisotopic (exact) mass is 358 g/mol. The van der Waals surface area contributed by atoms with Gasteiger partial charge in [-0.15, -0.1) is 0 Å². The molecule has 138 valence electrons. The third kappa shape index (κ3) is 1.77. The highest BCUT2D eigenvalue weighted by Crippen LogP contribution is 2.70. The van der Waals surface area contributed by atoms with Gasteiger partial charge in [0.2, 0.25) is 0 Å². The molecular formula is C18H22N4O4. The van der Waals surface area contributed by atoms with E-state index >= 15 is 0 Å². The second-order valence-electron chi connectivity index (χ2n) is 7.66. The molecule has 0 spiro atoms. The van der Waals surface area contributed by atoms with Crippen LogP contribution in [0.15, 0.2) is 0 Å². The highest BCUT2D eigenvalue weighted by Gasteiger charge is 2.78. The van der Waals surface area contributed by atoms with Crippen LogP contribution < -0.4 is 0 Å². The predicted octanol–water partition coefficient (Wildman–Crippen LogP) is 1.73. The fourth-order valence-corrected chi connectivity index (χ4v) is 6.05. The van der Waals surface area contributed by atoms with Gasteiger partial charge in [-0.2, -0.15) is 10.5 Å². The fourth-order valence-electron chi connectivity index (χ4n) is 6.05. The van der Waals surface area contributed by atoms with Gasteiger partial charge in [-0.3, -0.25) is 0 Å². The van der Waals surface area contributed by atoms with Crippen molar-refractivity contribution in [2.24, 2.45) is 22.7 Å². The Morgan fingerprint density at radius 2 is 1.31 bits per heavy atom. The number of hydrogen-bond donors (Lipinski definition) is 0. The number of amides is 2. The maximum absolute atomic E-state index is 12.4. The number of carbonyl (C=O) groups is 2. The highest BCUT2D eigenvalue weighted by atomic mass is 16.6. The van der Waals surface area contributed by atoms with Crippen molar-refractivity contribution in [1.82, 2.24) is 9.80 Å². The van der Waals surface area contributed by atoms with E-state index in [1.165, 1.54) is 0 Å². The third-order valence-corrected chi connectivity index (χ3v) is 7.02. The summed E-state index contributed by atoms with van der Waals surface area (Å²) < 4.78 is 10.4. The van der Waals surface area contributed by atoms with Crippen molar-refractivity contribution < 1.29 is 19.1 Å². The largest absolute Gasteiger partial charge is 0.450 e. The second kappa shape index (κ2) is 5.51. The number of rotatable bonds is 2. The summed E-state index contributed by atoms with van der Waals surface area (Å²) in [5.74, 6) is -0.239. The molecule has 3 saturated carbocycles. The van der Waals surface area contributed by atoms with Crippen molar-refractivity contribution in [3.63, 3.8) is 0 Å². The van der Waals surface area contributed by atoms with Gasteiger partial charge in [-0.25, -0.2) is 9.59 Å². The van der Waals surface area contributed by atoms with Crippen LogP contribution in [-0.4, -0.2) is 60.4 Å². The molecule has 3 aliphatic carbocycles. The molecule has 0 radical (unpaired) electrons. The van der Waals surface area contributed by atoms with E-state index in [0.29, 0.717) is 25.9 Å². The van der Waals surface area contributed by atoms with E-state index in [-0.39, 0.29) is 37.1 Å². The van der Waals surface area contributed by atoms with Crippen LogP contribution in [0.4, 0.5) is 9.59 Å². The molecule has 4 saturated heterocycles. The van der Waals surface area contributed by atoms with Crippen molar-refractivity contribution in [2.75, 3.05) is 26.3 Å². The first kappa shape index (κ1) is 17.0. The van der Waals surface area contributed by atoms with Crippen LogP contribution in [0.2, 0.25) is 0 Å². The van der Waals surface area contributed by atoms with Crippen molar-refractivity contribution in [1.29, 1.82) is 10.5 Å². The summed E-state index contributed by atoms with van der Waals surface area (Å²) in [5.41, 5.74) is -1.44. The van der Waals surface area contributed by atoms with E-state index in [0.717, 1.165) is 0 Å². The average molecular weight is 358 g/mol. The van der Waals surface area contributed by atoms with Gasteiger partial charge in [0.05, 0.1) is 48.3 Å².